The highest BCUT2D eigenvalue weighted by atomic mass is 32.2. The first-order chi connectivity index (χ1) is 12.9. The van der Waals surface area contributed by atoms with Gasteiger partial charge in [0, 0.05) is 11.3 Å². The molecule has 0 radical (unpaired) electrons. The molecule has 138 valence electrons. The van der Waals surface area contributed by atoms with E-state index >= 15 is 0 Å². The summed E-state index contributed by atoms with van der Waals surface area (Å²) in [6.07, 6.45) is 0. The summed E-state index contributed by atoms with van der Waals surface area (Å²) in [4.78, 5) is 23.5. The molecule has 27 heavy (non-hydrogen) atoms. The fraction of sp³-hybridized carbons (Fsp3) is 0.118. The van der Waals surface area contributed by atoms with Crippen molar-refractivity contribution in [1.29, 1.82) is 0 Å². The lowest BCUT2D eigenvalue weighted by Gasteiger charge is -2.12. The highest BCUT2D eigenvalue weighted by Crippen LogP contribution is 2.24. The van der Waals surface area contributed by atoms with E-state index in [0.29, 0.717) is 22.1 Å². The van der Waals surface area contributed by atoms with Crippen LogP contribution in [0, 0.1) is 5.82 Å². The molecule has 1 aromatic heterocycles. The van der Waals surface area contributed by atoms with E-state index in [1.807, 2.05) is 0 Å². The van der Waals surface area contributed by atoms with Crippen molar-refractivity contribution in [2.75, 3.05) is 5.32 Å². The molecule has 0 aliphatic heterocycles. The van der Waals surface area contributed by atoms with Crippen LogP contribution in [-0.2, 0) is 4.79 Å². The molecular formula is C17H15FN6O2S. The molecule has 0 unspecified atom stereocenters. The summed E-state index contributed by atoms with van der Waals surface area (Å²) in [7, 11) is 0. The number of nitrogens with two attached hydrogens (primary N) is 1. The minimum atomic E-state index is -0.541. The van der Waals surface area contributed by atoms with E-state index in [9.17, 15) is 14.0 Å². The van der Waals surface area contributed by atoms with Gasteiger partial charge in [0.05, 0.1) is 10.9 Å². The number of amides is 2. The second-order valence-corrected chi connectivity index (χ2v) is 6.85. The van der Waals surface area contributed by atoms with Crippen molar-refractivity contribution in [3.05, 3.63) is 59.9 Å². The average molecular weight is 386 g/mol. The maximum absolute atomic E-state index is 13.4. The number of tetrazole rings is 1. The number of carbonyl (C=O) groups is 2. The molecule has 8 nitrogen and oxygen atoms in total. The van der Waals surface area contributed by atoms with Gasteiger partial charge in [-0.15, -0.1) is 5.10 Å². The van der Waals surface area contributed by atoms with E-state index < -0.39 is 17.0 Å². The highest BCUT2D eigenvalue weighted by Gasteiger charge is 2.19. The number of thioether (sulfide) groups is 1. The van der Waals surface area contributed by atoms with E-state index in [1.54, 1.807) is 31.2 Å². The maximum atomic E-state index is 13.4. The first-order valence-electron chi connectivity index (χ1n) is 7.86. The predicted molar refractivity (Wildman–Crippen MR) is 98.0 cm³/mol. The Morgan fingerprint density at radius 1 is 1.22 bits per heavy atom. The fourth-order valence-electron chi connectivity index (χ4n) is 2.20. The first-order valence-corrected chi connectivity index (χ1v) is 8.73. The second kappa shape index (κ2) is 7.96. The molecule has 0 spiro atoms. The van der Waals surface area contributed by atoms with Crippen LogP contribution in [0.15, 0.2) is 53.7 Å². The van der Waals surface area contributed by atoms with Crippen LogP contribution in [0.1, 0.15) is 17.3 Å². The molecule has 1 heterocycles. The molecule has 2 aromatic carbocycles. The molecular weight excluding hydrogens is 371 g/mol. The molecule has 3 N–H and O–H groups in total. The van der Waals surface area contributed by atoms with Crippen molar-refractivity contribution < 1.29 is 14.0 Å². The molecule has 1 atom stereocenters. The Morgan fingerprint density at radius 2 is 1.96 bits per heavy atom. The van der Waals surface area contributed by atoms with E-state index in [4.69, 9.17) is 5.73 Å². The fourth-order valence-corrected chi connectivity index (χ4v) is 3.00. The Labute approximate surface area is 157 Å². The Morgan fingerprint density at radius 3 is 2.63 bits per heavy atom. The molecule has 3 aromatic rings. The van der Waals surface area contributed by atoms with Crippen molar-refractivity contribution in [1.82, 2.24) is 20.2 Å². The lowest BCUT2D eigenvalue weighted by atomic mass is 10.2. The van der Waals surface area contributed by atoms with Gasteiger partial charge in [-0.1, -0.05) is 17.8 Å². The Hall–Kier alpha value is -3.27. The predicted octanol–water partition coefficient (Wildman–Crippen LogP) is 2.02. The van der Waals surface area contributed by atoms with E-state index in [0.717, 1.165) is 11.8 Å². The number of aromatic nitrogens is 4. The monoisotopic (exact) mass is 386 g/mol. The SMILES string of the molecule is C[C@@H](Sc1nnnn1-c1cccc(F)c1)C(=O)Nc1ccc(C(N)=O)cc1. The number of anilines is 1. The molecule has 0 aliphatic rings. The van der Waals surface area contributed by atoms with Crippen molar-refractivity contribution in [2.24, 2.45) is 5.73 Å². The molecule has 2 amide bonds. The number of halogens is 1. The van der Waals surface area contributed by atoms with E-state index in [2.05, 4.69) is 20.8 Å². The number of nitrogens with zero attached hydrogens (tertiary/aromatic N) is 4. The number of hydrogen-bond donors (Lipinski definition) is 2. The summed E-state index contributed by atoms with van der Waals surface area (Å²) in [6, 6.07) is 12.1. The van der Waals surface area contributed by atoms with Crippen LogP contribution in [0.3, 0.4) is 0 Å². The van der Waals surface area contributed by atoms with Crippen molar-refractivity contribution >= 4 is 29.3 Å². The summed E-state index contributed by atoms with van der Waals surface area (Å²) in [6.45, 7) is 1.70. The third-order valence-electron chi connectivity index (χ3n) is 3.58. The first kappa shape index (κ1) is 18.5. The Bertz CT molecular complexity index is 976. The van der Waals surface area contributed by atoms with Gasteiger partial charge in [0.15, 0.2) is 0 Å². The van der Waals surface area contributed by atoms with Crippen molar-refractivity contribution in [2.45, 2.75) is 17.3 Å². The summed E-state index contributed by atoms with van der Waals surface area (Å²) in [5.41, 5.74) is 6.52. The Kier molecular flexibility index (Phi) is 5.46. The third-order valence-corrected chi connectivity index (χ3v) is 4.62. The van der Waals surface area contributed by atoms with Gasteiger partial charge in [0.1, 0.15) is 5.82 Å². The highest BCUT2D eigenvalue weighted by molar-refractivity contribution is 8.00. The van der Waals surface area contributed by atoms with Gasteiger partial charge in [0.25, 0.3) is 0 Å². The Balaban J connectivity index is 1.69. The van der Waals surface area contributed by atoms with E-state index in [1.165, 1.54) is 28.9 Å². The molecule has 0 saturated carbocycles. The van der Waals surface area contributed by atoms with Gasteiger partial charge in [-0.2, -0.15) is 4.68 Å². The van der Waals surface area contributed by atoms with Crippen LogP contribution < -0.4 is 11.1 Å². The number of benzene rings is 2. The summed E-state index contributed by atoms with van der Waals surface area (Å²) < 4.78 is 14.8. The van der Waals surface area contributed by atoms with Gasteiger partial charge >= 0.3 is 0 Å². The van der Waals surface area contributed by atoms with E-state index in [-0.39, 0.29) is 5.91 Å². The zero-order valence-electron chi connectivity index (χ0n) is 14.2. The molecule has 0 saturated heterocycles. The number of rotatable bonds is 6. The van der Waals surface area contributed by atoms with Gasteiger partial charge in [-0.25, -0.2) is 4.39 Å². The zero-order valence-corrected chi connectivity index (χ0v) is 15.0. The van der Waals surface area contributed by atoms with Crippen molar-refractivity contribution in [3.8, 4) is 5.69 Å². The van der Waals surface area contributed by atoms with Crippen LogP contribution in [0.5, 0.6) is 0 Å². The van der Waals surface area contributed by atoms with Crippen LogP contribution in [0.4, 0.5) is 10.1 Å². The van der Waals surface area contributed by atoms with Gasteiger partial charge in [-0.3, -0.25) is 9.59 Å². The topological polar surface area (TPSA) is 116 Å². The molecule has 0 fully saturated rings. The number of hydrogen-bond acceptors (Lipinski definition) is 6. The van der Waals surface area contributed by atoms with Crippen LogP contribution in [0.25, 0.3) is 5.69 Å². The second-order valence-electron chi connectivity index (χ2n) is 5.54. The van der Waals surface area contributed by atoms with Crippen LogP contribution >= 0.6 is 11.8 Å². The lowest BCUT2D eigenvalue weighted by Crippen LogP contribution is -2.23. The van der Waals surface area contributed by atoms with Crippen molar-refractivity contribution in [3.63, 3.8) is 0 Å². The quantitative estimate of drug-likeness (QED) is 0.626. The standard InChI is InChI=1S/C17H15FN6O2S/c1-10(16(26)20-13-7-5-11(6-8-13)15(19)25)27-17-21-22-23-24(17)14-4-2-3-12(18)9-14/h2-10H,1H3,(H2,19,25)(H,20,26)/t10-/m1/s1. The van der Waals surface area contributed by atoms with Crippen LogP contribution in [-0.4, -0.2) is 37.3 Å². The van der Waals surface area contributed by atoms with Gasteiger partial charge in [0.2, 0.25) is 17.0 Å². The third kappa shape index (κ3) is 4.47. The lowest BCUT2D eigenvalue weighted by molar-refractivity contribution is -0.115. The number of nitrogens with one attached hydrogen (secondary N) is 1. The van der Waals surface area contributed by atoms with Gasteiger partial charge in [-0.05, 0) is 59.8 Å². The summed E-state index contributed by atoms with van der Waals surface area (Å²) in [5, 5.41) is 13.9. The van der Waals surface area contributed by atoms with Crippen LogP contribution in [0.2, 0.25) is 0 Å². The molecule has 10 heteroatoms. The number of carbonyl (C=O) groups excluding carboxylic acids is 2. The average Bonchev–Trinajstić information content (AvgIpc) is 3.10. The minimum absolute atomic E-state index is 0.277. The normalized spacial score (nSPS) is 11.8. The smallest absolute Gasteiger partial charge is 0.248 e. The maximum Gasteiger partial charge on any atom is 0.248 e. The zero-order chi connectivity index (χ0) is 19.4. The minimum Gasteiger partial charge on any atom is -0.366 e. The molecule has 0 bridgehead atoms. The summed E-state index contributed by atoms with van der Waals surface area (Å²) >= 11 is 1.13. The largest absolute Gasteiger partial charge is 0.366 e. The molecule has 0 aliphatic carbocycles. The number of primary amides is 1. The van der Waals surface area contributed by atoms with Gasteiger partial charge < -0.3 is 11.1 Å². The molecule has 3 rings (SSSR count). The summed E-state index contributed by atoms with van der Waals surface area (Å²) in [5.74, 6) is -1.23.